The summed E-state index contributed by atoms with van der Waals surface area (Å²) < 4.78 is 5.23. The molecule has 13 heavy (non-hydrogen) atoms. The first-order valence-corrected chi connectivity index (χ1v) is 4.65. The maximum Gasteiger partial charge on any atom is 0.185 e. The molecule has 0 amide bonds. The molecule has 3 heteroatoms. The highest BCUT2D eigenvalue weighted by molar-refractivity contribution is 4.99. The molecule has 0 spiro atoms. The summed E-state index contributed by atoms with van der Waals surface area (Å²) >= 11 is 0. The molecule has 0 atom stereocenters. The summed E-state index contributed by atoms with van der Waals surface area (Å²) in [6.45, 7) is 3.02. The second-order valence-electron chi connectivity index (χ2n) is 3.42. The molecule has 0 radical (unpaired) electrons. The van der Waals surface area contributed by atoms with Gasteiger partial charge in [0.1, 0.15) is 5.76 Å². The first-order valence-electron chi connectivity index (χ1n) is 4.65. The summed E-state index contributed by atoms with van der Waals surface area (Å²) in [5, 5.41) is 0. The van der Waals surface area contributed by atoms with E-state index in [1.165, 1.54) is 25.2 Å². The Bertz CT molecular complexity index is 326. The maximum absolute atomic E-state index is 11.0. The largest absolute Gasteiger partial charge is 0.468 e. The number of hydrogen-bond acceptors (Lipinski definition) is 3. The number of hydrogen-bond donors (Lipinski definition) is 0. The predicted octanol–water partition coefficient (Wildman–Crippen LogP) is 1.24. The Morgan fingerprint density at radius 3 is 2.85 bits per heavy atom. The van der Waals surface area contributed by atoms with E-state index in [4.69, 9.17) is 4.42 Å². The number of nitrogens with zero attached hydrogens (tertiary/aromatic N) is 1. The van der Waals surface area contributed by atoms with E-state index in [0.29, 0.717) is 0 Å². The molecular weight excluding hydrogens is 166 g/mol. The van der Waals surface area contributed by atoms with Crippen LogP contribution in [0.3, 0.4) is 0 Å². The number of likely N-dealkylation sites (tertiary alicyclic amines) is 1. The monoisotopic (exact) mass is 179 g/mol. The molecule has 1 aliphatic heterocycles. The lowest BCUT2D eigenvalue weighted by Crippen LogP contribution is -2.19. The van der Waals surface area contributed by atoms with Crippen LogP contribution in [0.15, 0.2) is 27.6 Å². The average Bonchev–Trinajstić information content (AvgIpc) is 2.57. The molecule has 3 nitrogen and oxygen atoms in total. The summed E-state index contributed by atoms with van der Waals surface area (Å²) in [6.07, 6.45) is 3.99. The van der Waals surface area contributed by atoms with Gasteiger partial charge < -0.3 is 4.42 Å². The van der Waals surface area contributed by atoms with Crippen LogP contribution < -0.4 is 5.43 Å². The zero-order valence-electron chi connectivity index (χ0n) is 7.53. The number of rotatable bonds is 2. The van der Waals surface area contributed by atoms with E-state index >= 15 is 0 Å². The van der Waals surface area contributed by atoms with Crippen molar-refractivity contribution in [3.63, 3.8) is 0 Å². The Kier molecular flexibility index (Phi) is 2.45. The predicted molar refractivity (Wildman–Crippen MR) is 49.5 cm³/mol. The van der Waals surface area contributed by atoms with Crippen LogP contribution in [0.4, 0.5) is 0 Å². The second kappa shape index (κ2) is 3.75. The van der Waals surface area contributed by atoms with Crippen LogP contribution in [-0.4, -0.2) is 18.0 Å². The zero-order valence-corrected chi connectivity index (χ0v) is 7.53. The van der Waals surface area contributed by atoms with Gasteiger partial charge in [0.2, 0.25) is 0 Å². The van der Waals surface area contributed by atoms with Crippen molar-refractivity contribution in [2.24, 2.45) is 0 Å². The van der Waals surface area contributed by atoms with E-state index in [1.54, 1.807) is 6.07 Å². The van der Waals surface area contributed by atoms with Crippen LogP contribution in [-0.2, 0) is 6.54 Å². The summed E-state index contributed by atoms with van der Waals surface area (Å²) in [6, 6.07) is 3.01. The minimum absolute atomic E-state index is 0.0282. The van der Waals surface area contributed by atoms with Crippen molar-refractivity contribution in [3.8, 4) is 0 Å². The van der Waals surface area contributed by atoms with E-state index in [0.717, 1.165) is 25.4 Å². The Balaban J connectivity index is 2.04. The third-order valence-electron chi connectivity index (χ3n) is 2.33. The van der Waals surface area contributed by atoms with Gasteiger partial charge in [-0.1, -0.05) is 0 Å². The van der Waals surface area contributed by atoms with Gasteiger partial charge in [-0.25, -0.2) is 0 Å². The van der Waals surface area contributed by atoms with Crippen molar-refractivity contribution in [2.45, 2.75) is 19.4 Å². The van der Waals surface area contributed by atoms with Gasteiger partial charge in [-0.05, 0) is 25.9 Å². The zero-order chi connectivity index (χ0) is 9.10. The van der Waals surface area contributed by atoms with Crippen LogP contribution >= 0.6 is 0 Å². The first kappa shape index (κ1) is 8.51. The van der Waals surface area contributed by atoms with E-state index in [1.807, 2.05) is 0 Å². The standard InChI is InChI=1S/C10H13NO2/c12-9-3-6-13-10(7-9)8-11-4-1-2-5-11/h3,6-7H,1-2,4-5,8H2. The van der Waals surface area contributed by atoms with Crippen LogP contribution in [0.25, 0.3) is 0 Å². The molecule has 1 aromatic rings. The first-order chi connectivity index (χ1) is 6.34. The van der Waals surface area contributed by atoms with Crippen molar-refractivity contribution >= 4 is 0 Å². The van der Waals surface area contributed by atoms with Crippen molar-refractivity contribution in [2.75, 3.05) is 13.1 Å². The average molecular weight is 179 g/mol. The molecule has 0 N–H and O–H groups in total. The minimum atomic E-state index is 0.0282. The van der Waals surface area contributed by atoms with Gasteiger partial charge in [0.15, 0.2) is 5.43 Å². The summed E-state index contributed by atoms with van der Waals surface area (Å²) in [4.78, 5) is 13.3. The van der Waals surface area contributed by atoms with E-state index in [9.17, 15) is 4.79 Å². The van der Waals surface area contributed by atoms with Crippen LogP contribution in [0.1, 0.15) is 18.6 Å². The maximum atomic E-state index is 11.0. The molecule has 1 saturated heterocycles. The summed E-state index contributed by atoms with van der Waals surface area (Å²) in [5.74, 6) is 0.773. The topological polar surface area (TPSA) is 33.5 Å². The third kappa shape index (κ3) is 2.18. The van der Waals surface area contributed by atoms with E-state index in [-0.39, 0.29) is 5.43 Å². The molecule has 1 aromatic heterocycles. The molecule has 0 saturated carbocycles. The van der Waals surface area contributed by atoms with Gasteiger partial charge in [-0.15, -0.1) is 0 Å². The quantitative estimate of drug-likeness (QED) is 0.684. The van der Waals surface area contributed by atoms with Gasteiger partial charge in [0, 0.05) is 12.1 Å². The minimum Gasteiger partial charge on any atom is -0.468 e. The molecule has 2 heterocycles. The Hall–Kier alpha value is -1.09. The third-order valence-corrected chi connectivity index (χ3v) is 2.33. The SMILES string of the molecule is O=c1ccoc(CN2CCCC2)c1. The van der Waals surface area contributed by atoms with Crippen molar-refractivity contribution in [3.05, 3.63) is 34.4 Å². The normalized spacial score (nSPS) is 17.8. The highest BCUT2D eigenvalue weighted by Crippen LogP contribution is 2.10. The molecule has 0 aliphatic carbocycles. The van der Waals surface area contributed by atoms with E-state index < -0.39 is 0 Å². The molecule has 70 valence electrons. The molecule has 2 rings (SSSR count). The van der Waals surface area contributed by atoms with Crippen LogP contribution in [0, 0.1) is 0 Å². The Labute approximate surface area is 77.0 Å². The fourth-order valence-corrected chi connectivity index (χ4v) is 1.67. The lowest BCUT2D eigenvalue weighted by atomic mass is 10.3. The van der Waals surface area contributed by atoms with Crippen LogP contribution in [0.5, 0.6) is 0 Å². The molecular formula is C10H13NO2. The van der Waals surface area contributed by atoms with Crippen LogP contribution in [0.2, 0.25) is 0 Å². The highest BCUT2D eigenvalue weighted by Gasteiger charge is 2.12. The Morgan fingerprint density at radius 1 is 1.38 bits per heavy atom. The molecule has 1 aliphatic rings. The summed E-state index contributed by atoms with van der Waals surface area (Å²) in [5.41, 5.74) is 0.0282. The van der Waals surface area contributed by atoms with Gasteiger partial charge in [0.25, 0.3) is 0 Å². The lowest BCUT2D eigenvalue weighted by Gasteiger charge is -2.12. The fourth-order valence-electron chi connectivity index (χ4n) is 1.67. The molecule has 0 unspecified atom stereocenters. The fraction of sp³-hybridized carbons (Fsp3) is 0.500. The Morgan fingerprint density at radius 2 is 2.15 bits per heavy atom. The highest BCUT2D eigenvalue weighted by atomic mass is 16.3. The van der Waals surface area contributed by atoms with Gasteiger partial charge in [-0.3, -0.25) is 9.69 Å². The smallest absolute Gasteiger partial charge is 0.185 e. The summed E-state index contributed by atoms with van der Waals surface area (Å²) in [7, 11) is 0. The van der Waals surface area contributed by atoms with Gasteiger partial charge >= 0.3 is 0 Å². The molecule has 1 fully saturated rings. The van der Waals surface area contributed by atoms with E-state index in [2.05, 4.69) is 4.90 Å². The second-order valence-corrected chi connectivity index (χ2v) is 3.42. The van der Waals surface area contributed by atoms with Gasteiger partial charge in [-0.2, -0.15) is 0 Å². The molecule has 0 aromatic carbocycles. The van der Waals surface area contributed by atoms with Crippen molar-refractivity contribution in [1.29, 1.82) is 0 Å². The van der Waals surface area contributed by atoms with Crippen molar-refractivity contribution in [1.82, 2.24) is 4.90 Å². The van der Waals surface area contributed by atoms with Gasteiger partial charge in [0.05, 0.1) is 12.8 Å². The molecule has 0 bridgehead atoms. The van der Waals surface area contributed by atoms with Crippen molar-refractivity contribution < 1.29 is 4.42 Å². The lowest BCUT2D eigenvalue weighted by molar-refractivity contribution is 0.293.